The number of amides is 2. The first-order chi connectivity index (χ1) is 10.2. The molecule has 2 amide bonds. The molecule has 0 fully saturated rings. The van der Waals surface area contributed by atoms with E-state index in [1.807, 2.05) is 36.6 Å². The van der Waals surface area contributed by atoms with E-state index in [2.05, 4.69) is 20.2 Å². The number of rotatable bonds is 3. The molecule has 0 aliphatic carbocycles. The van der Waals surface area contributed by atoms with E-state index in [-0.39, 0.29) is 18.1 Å². The second-order valence-electron chi connectivity index (χ2n) is 4.99. The summed E-state index contributed by atoms with van der Waals surface area (Å²) in [6.07, 6.45) is 0.774. The molecule has 0 saturated carbocycles. The molecule has 6 nitrogen and oxygen atoms in total. The number of ether oxygens (including phenoxy) is 1. The van der Waals surface area contributed by atoms with Crippen LogP contribution in [-0.4, -0.2) is 28.3 Å². The maximum absolute atomic E-state index is 12.0. The Balaban J connectivity index is 1.54. The summed E-state index contributed by atoms with van der Waals surface area (Å²) < 4.78 is 9.44. The van der Waals surface area contributed by atoms with Gasteiger partial charge in [0.05, 0.1) is 17.8 Å². The van der Waals surface area contributed by atoms with Crippen molar-refractivity contribution in [3.63, 3.8) is 0 Å². The van der Waals surface area contributed by atoms with Gasteiger partial charge < -0.3 is 15.4 Å². The van der Waals surface area contributed by atoms with Crippen molar-refractivity contribution in [1.82, 2.24) is 20.2 Å². The summed E-state index contributed by atoms with van der Waals surface area (Å²) in [5, 5.41) is 11.6. The minimum absolute atomic E-state index is 0.0272. The first kappa shape index (κ1) is 13.8. The van der Waals surface area contributed by atoms with Crippen molar-refractivity contribution in [1.29, 1.82) is 0 Å². The predicted octanol–water partition coefficient (Wildman–Crippen LogP) is 1.90. The molecular weight excluding hydrogens is 288 g/mol. The smallest absolute Gasteiger partial charge is 0.315 e. The molecule has 2 heterocycles. The first-order valence-corrected chi connectivity index (χ1v) is 7.60. The summed E-state index contributed by atoms with van der Waals surface area (Å²) in [7, 11) is 0. The number of para-hydroxylation sites is 1. The highest BCUT2D eigenvalue weighted by molar-refractivity contribution is 7.03. The van der Waals surface area contributed by atoms with Crippen LogP contribution in [0.4, 0.5) is 4.79 Å². The van der Waals surface area contributed by atoms with Gasteiger partial charge in [-0.25, -0.2) is 4.79 Å². The molecule has 0 saturated heterocycles. The van der Waals surface area contributed by atoms with Crippen LogP contribution in [-0.2, 0) is 6.42 Å². The highest BCUT2D eigenvalue weighted by atomic mass is 32.1. The molecule has 1 aromatic heterocycles. The Labute approximate surface area is 126 Å². The van der Waals surface area contributed by atoms with Crippen molar-refractivity contribution >= 4 is 17.6 Å². The second-order valence-corrected chi connectivity index (χ2v) is 5.60. The van der Waals surface area contributed by atoms with Gasteiger partial charge >= 0.3 is 6.03 Å². The van der Waals surface area contributed by atoms with Gasteiger partial charge in [-0.3, -0.25) is 0 Å². The van der Waals surface area contributed by atoms with E-state index in [0.29, 0.717) is 6.61 Å². The minimum atomic E-state index is -0.219. The van der Waals surface area contributed by atoms with E-state index in [0.717, 1.165) is 23.4 Å². The molecule has 2 atom stereocenters. The molecule has 1 aromatic carbocycles. The molecule has 2 N–H and O–H groups in total. The highest BCUT2D eigenvalue weighted by Crippen LogP contribution is 2.23. The van der Waals surface area contributed by atoms with Crippen LogP contribution in [0.2, 0.25) is 0 Å². The largest absolute Gasteiger partial charge is 0.491 e. The van der Waals surface area contributed by atoms with Crippen molar-refractivity contribution in [3.8, 4) is 5.75 Å². The van der Waals surface area contributed by atoms with Crippen LogP contribution in [0.15, 0.2) is 29.6 Å². The van der Waals surface area contributed by atoms with Gasteiger partial charge in [0.25, 0.3) is 0 Å². The number of carbonyl (C=O) groups is 1. The third-order valence-corrected chi connectivity index (χ3v) is 3.91. The second kappa shape index (κ2) is 6.09. The van der Waals surface area contributed by atoms with Gasteiger partial charge in [-0.05, 0) is 36.5 Å². The van der Waals surface area contributed by atoms with Crippen molar-refractivity contribution < 1.29 is 9.53 Å². The lowest BCUT2D eigenvalue weighted by atomic mass is 10.0. The lowest BCUT2D eigenvalue weighted by molar-refractivity contribution is 0.212. The summed E-state index contributed by atoms with van der Waals surface area (Å²) in [6, 6.07) is 7.47. The number of nitrogens with one attached hydrogen (secondary N) is 2. The average molecular weight is 304 g/mol. The lowest BCUT2D eigenvalue weighted by Gasteiger charge is -2.26. The fraction of sp³-hybridized carbons (Fsp3) is 0.357. The predicted molar refractivity (Wildman–Crippen MR) is 79.4 cm³/mol. The third kappa shape index (κ3) is 3.30. The molecular formula is C14H16N4O2S. The van der Waals surface area contributed by atoms with Crippen LogP contribution in [0.25, 0.3) is 0 Å². The Morgan fingerprint density at radius 1 is 1.48 bits per heavy atom. The van der Waals surface area contributed by atoms with Gasteiger partial charge in [0.15, 0.2) is 0 Å². The molecule has 1 aliphatic rings. The van der Waals surface area contributed by atoms with E-state index in [1.165, 1.54) is 11.5 Å². The highest BCUT2D eigenvalue weighted by Gasteiger charge is 2.22. The average Bonchev–Trinajstić information content (AvgIpc) is 3.01. The van der Waals surface area contributed by atoms with Crippen molar-refractivity contribution in [2.24, 2.45) is 0 Å². The van der Waals surface area contributed by atoms with Gasteiger partial charge in [-0.1, -0.05) is 22.7 Å². The van der Waals surface area contributed by atoms with Crippen LogP contribution >= 0.6 is 11.5 Å². The monoisotopic (exact) mass is 304 g/mol. The third-order valence-electron chi connectivity index (χ3n) is 3.38. The van der Waals surface area contributed by atoms with Crippen LogP contribution in [0.5, 0.6) is 5.75 Å². The van der Waals surface area contributed by atoms with E-state index in [9.17, 15) is 4.79 Å². The molecule has 7 heteroatoms. The van der Waals surface area contributed by atoms with Crippen LogP contribution in [0.3, 0.4) is 0 Å². The fourth-order valence-electron chi connectivity index (χ4n) is 2.28. The van der Waals surface area contributed by atoms with Gasteiger partial charge in [0.1, 0.15) is 12.4 Å². The van der Waals surface area contributed by atoms with Crippen LogP contribution in [0.1, 0.15) is 24.2 Å². The van der Waals surface area contributed by atoms with Crippen LogP contribution in [0, 0.1) is 0 Å². The zero-order valence-corrected chi connectivity index (χ0v) is 12.4. The van der Waals surface area contributed by atoms with Gasteiger partial charge in [0, 0.05) is 5.38 Å². The number of urea groups is 1. The Hall–Kier alpha value is -2.15. The number of nitrogens with zero attached hydrogens (tertiary/aromatic N) is 2. The topological polar surface area (TPSA) is 76.1 Å². The molecule has 0 spiro atoms. The minimum Gasteiger partial charge on any atom is -0.491 e. The Kier molecular flexibility index (Phi) is 4.01. The van der Waals surface area contributed by atoms with Gasteiger partial charge in [-0.15, -0.1) is 5.10 Å². The molecule has 2 unspecified atom stereocenters. The van der Waals surface area contributed by atoms with Crippen molar-refractivity contribution in [3.05, 3.63) is 40.9 Å². The zero-order valence-electron chi connectivity index (χ0n) is 11.6. The van der Waals surface area contributed by atoms with E-state index in [4.69, 9.17) is 4.74 Å². The number of carbonyl (C=O) groups excluding carboxylic acids is 1. The Morgan fingerprint density at radius 3 is 3.14 bits per heavy atom. The maximum Gasteiger partial charge on any atom is 0.315 e. The van der Waals surface area contributed by atoms with Gasteiger partial charge in [-0.2, -0.15) is 0 Å². The molecule has 21 heavy (non-hydrogen) atoms. The fourth-order valence-corrected chi connectivity index (χ4v) is 2.83. The summed E-state index contributed by atoms with van der Waals surface area (Å²) in [4.78, 5) is 12.0. The molecule has 0 bridgehead atoms. The number of hydrogen-bond donors (Lipinski definition) is 2. The SMILES string of the molecule is CC(NC(=O)NC1COc2ccccc2C1)c1csnn1. The number of fused-ring (bicyclic) bond motifs is 1. The standard InChI is InChI=1S/C14H16N4O2S/c1-9(12-8-21-18-17-12)15-14(19)16-11-6-10-4-2-3-5-13(10)20-7-11/h2-5,8-9,11H,6-7H2,1H3,(H2,15,16,19). The number of aromatic nitrogens is 2. The molecule has 2 aromatic rings. The first-order valence-electron chi connectivity index (χ1n) is 6.77. The van der Waals surface area contributed by atoms with E-state index >= 15 is 0 Å². The summed E-state index contributed by atoms with van der Waals surface area (Å²) in [6.45, 7) is 2.36. The quantitative estimate of drug-likeness (QED) is 0.908. The summed E-state index contributed by atoms with van der Waals surface area (Å²) in [5.41, 5.74) is 1.88. The molecule has 1 aliphatic heterocycles. The molecule has 3 rings (SSSR count). The molecule has 0 radical (unpaired) electrons. The maximum atomic E-state index is 12.0. The summed E-state index contributed by atoms with van der Waals surface area (Å²) in [5.74, 6) is 0.901. The molecule has 110 valence electrons. The number of hydrogen-bond acceptors (Lipinski definition) is 5. The zero-order chi connectivity index (χ0) is 14.7. The Morgan fingerprint density at radius 2 is 2.33 bits per heavy atom. The van der Waals surface area contributed by atoms with Crippen molar-refractivity contribution in [2.75, 3.05) is 6.61 Å². The Bertz CT molecular complexity index is 617. The number of benzene rings is 1. The van der Waals surface area contributed by atoms with Crippen LogP contribution < -0.4 is 15.4 Å². The van der Waals surface area contributed by atoms with E-state index < -0.39 is 0 Å². The normalized spacial score (nSPS) is 18.2. The summed E-state index contributed by atoms with van der Waals surface area (Å²) >= 11 is 1.27. The lowest BCUT2D eigenvalue weighted by Crippen LogP contribution is -2.47. The van der Waals surface area contributed by atoms with Gasteiger partial charge in [0.2, 0.25) is 0 Å². The van der Waals surface area contributed by atoms with E-state index in [1.54, 1.807) is 0 Å². The van der Waals surface area contributed by atoms with Crippen molar-refractivity contribution in [2.45, 2.75) is 25.4 Å².